The highest BCUT2D eigenvalue weighted by atomic mass is 15.2. The van der Waals surface area contributed by atoms with Crippen molar-refractivity contribution in [2.75, 3.05) is 25.0 Å². The topological polar surface area (TPSA) is 56.8 Å². The maximum atomic E-state index is 4.33. The number of aromatic nitrogens is 3. The quantitative estimate of drug-likeness (QED) is 0.906. The van der Waals surface area contributed by atoms with Crippen molar-refractivity contribution in [2.24, 2.45) is 0 Å². The molecule has 1 aromatic heterocycles. The summed E-state index contributed by atoms with van der Waals surface area (Å²) < 4.78 is 0. The lowest BCUT2D eigenvalue weighted by molar-refractivity contribution is 0.197. The maximum Gasteiger partial charge on any atom is 0.137 e. The summed E-state index contributed by atoms with van der Waals surface area (Å²) in [5.41, 5.74) is 4.28. The molecule has 21 heavy (non-hydrogen) atoms. The summed E-state index contributed by atoms with van der Waals surface area (Å²) >= 11 is 0. The van der Waals surface area contributed by atoms with Gasteiger partial charge < -0.3 is 5.32 Å². The summed E-state index contributed by atoms with van der Waals surface area (Å²) in [7, 11) is 0. The van der Waals surface area contributed by atoms with E-state index in [4.69, 9.17) is 0 Å². The van der Waals surface area contributed by atoms with Gasteiger partial charge in [-0.25, -0.2) is 4.98 Å². The standard InChI is InChI=1S/C16H21N5/c1-3-12-6-7-17-15(12)13(4-1)9-21-8-2-5-14(10-21)16-18-11-19-20-16/h1,3-4,11,14,17H,2,5-10H2,(H,18,19,20). The number of benzene rings is 1. The lowest BCUT2D eigenvalue weighted by atomic mass is 9.96. The van der Waals surface area contributed by atoms with Gasteiger partial charge in [0.25, 0.3) is 0 Å². The van der Waals surface area contributed by atoms with Gasteiger partial charge in [-0.3, -0.25) is 10.00 Å². The van der Waals surface area contributed by atoms with Crippen LogP contribution in [0, 0.1) is 0 Å². The van der Waals surface area contributed by atoms with E-state index in [0.29, 0.717) is 5.92 Å². The van der Waals surface area contributed by atoms with Crippen LogP contribution in [0.5, 0.6) is 0 Å². The molecular weight excluding hydrogens is 262 g/mol. The predicted octanol–water partition coefficient (Wildman–Crippen LogP) is 2.15. The van der Waals surface area contributed by atoms with Crippen LogP contribution < -0.4 is 5.32 Å². The van der Waals surface area contributed by atoms with Gasteiger partial charge in [0.1, 0.15) is 12.2 Å². The third-order valence-corrected chi connectivity index (χ3v) is 4.65. The van der Waals surface area contributed by atoms with Gasteiger partial charge in [0, 0.05) is 31.2 Å². The minimum absolute atomic E-state index is 0.492. The molecule has 1 fully saturated rings. The summed E-state index contributed by atoms with van der Waals surface area (Å²) in [4.78, 5) is 6.88. The number of likely N-dealkylation sites (tertiary alicyclic amines) is 1. The van der Waals surface area contributed by atoms with E-state index in [9.17, 15) is 0 Å². The zero-order valence-corrected chi connectivity index (χ0v) is 12.2. The van der Waals surface area contributed by atoms with Gasteiger partial charge in [-0.15, -0.1) is 0 Å². The van der Waals surface area contributed by atoms with Crippen molar-refractivity contribution in [3.8, 4) is 0 Å². The number of fused-ring (bicyclic) bond motifs is 1. The monoisotopic (exact) mass is 283 g/mol. The Labute approximate surface area is 124 Å². The fourth-order valence-corrected chi connectivity index (χ4v) is 3.62. The first kappa shape index (κ1) is 12.8. The summed E-state index contributed by atoms with van der Waals surface area (Å²) in [5, 5.41) is 10.6. The average molecular weight is 283 g/mol. The lowest BCUT2D eigenvalue weighted by Gasteiger charge is -2.32. The van der Waals surface area contributed by atoms with E-state index in [2.05, 4.69) is 43.6 Å². The molecule has 1 aromatic carbocycles. The first-order chi connectivity index (χ1) is 10.4. The van der Waals surface area contributed by atoms with E-state index in [-0.39, 0.29) is 0 Å². The largest absolute Gasteiger partial charge is 0.384 e. The molecule has 2 aliphatic heterocycles. The highest BCUT2D eigenvalue weighted by Gasteiger charge is 2.24. The molecule has 0 radical (unpaired) electrons. The zero-order chi connectivity index (χ0) is 14.1. The number of rotatable bonds is 3. The second kappa shape index (κ2) is 5.48. The summed E-state index contributed by atoms with van der Waals surface area (Å²) in [6.07, 6.45) is 5.21. The average Bonchev–Trinajstić information content (AvgIpc) is 3.20. The van der Waals surface area contributed by atoms with Gasteiger partial charge >= 0.3 is 0 Å². The third kappa shape index (κ3) is 2.53. The Kier molecular flexibility index (Phi) is 3.35. The van der Waals surface area contributed by atoms with Crippen LogP contribution in [0.1, 0.15) is 35.7 Å². The first-order valence-corrected chi connectivity index (χ1v) is 7.82. The van der Waals surface area contributed by atoms with E-state index in [0.717, 1.165) is 31.9 Å². The molecule has 3 heterocycles. The smallest absolute Gasteiger partial charge is 0.137 e. The Bertz CT molecular complexity index is 607. The van der Waals surface area contributed by atoms with Gasteiger partial charge in [0.15, 0.2) is 0 Å². The van der Waals surface area contributed by atoms with Crippen molar-refractivity contribution in [2.45, 2.75) is 31.7 Å². The maximum absolute atomic E-state index is 4.33. The summed E-state index contributed by atoms with van der Waals surface area (Å²) in [5.74, 6) is 1.53. The first-order valence-electron chi connectivity index (χ1n) is 7.82. The molecule has 2 N–H and O–H groups in total. The molecule has 5 nitrogen and oxygen atoms in total. The van der Waals surface area contributed by atoms with Crippen molar-refractivity contribution in [1.29, 1.82) is 0 Å². The number of anilines is 1. The highest BCUT2D eigenvalue weighted by Crippen LogP contribution is 2.30. The minimum atomic E-state index is 0.492. The molecule has 5 heteroatoms. The fraction of sp³-hybridized carbons (Fsp3) is 0.500. The van der Waals surface area contributed by atoms with E-state index < -0.39 is 0 Å². The number of nitrogens with zero attached hydrogens (tertiary/aromatic N) is 3. The van der Waals surface area contributed by atoms with Crippen LogP contribution in [0.3, 0.4) is 0 Å². The molecule has 1 atom stereocenters. The number of nitrogens with one attached hydrogen (secondary N) is 2. The number of para-hydroxylation sites is 1. The van der Waals surface area contributed by atoms with Gasteiger partial charge in [0.2, 0.25) is 0 Å². The number of hydrogen-bond donors (Lipinski definition) is 2. The van der Waals surface area contributed by atoms with E-state index in [1.54, 1.807) is 6.33 Å². The van der Waals surface area contributed by atoms with Crippen molar-refractivity contribution in [1.82, 2.24) is 20.1 Å². The molecule has 1 unspecified atom stereocenters. The van der Waals surface area contributed by atoms with Crippen LogP contribution in [0.2, 0.25) is 0 Å². The minimum Gasteiger partial charge on any atom is -0.384 e. The second-order valence-electron chi connectivity index (χ2n) is 6.07. The van der Waals surface area contributed by atoms with Crippen LogP contribution in [0.25, 0.3) is 0 Å². The number of H-pyrrole nitrogens is 1. The zero-order valence-electron chi connectivity index (χ0n) is 12.2. The molecule has 2 aliphatic rings. The molecule has 1 saturated heterocycles. The van der Waals surface area contributed by atoms with Crippen LogP contribution in [0.15, 0.2) is 24.5 Å². The number of hydrogen-bond acceptors (Lipinski definition) is 4. The van der Waals surface area contributed by atoms with Gasteiger partial charge in [0.05, 0.1) is 0 Å². The van der Waals surface area contributed by atoms with Crippen LogP contribution in [0.4, 0.5) is 5.69 Å². The number of piperidine rings is 1. The Morgan fingerprint density at radius 3 is 3.24 bits per heavy atom. The summed E-state index contributed by atoms with van der Waals surface area (Å²) in [6, 6.07) is 6.70. The fourth-order valence-electron chi connectivity index (χ4n) is 3.62. The molecule has 110 valence electrons. The molecule has 0 saturated carbocycles. The SMILES string of the molecule is c1cc2c(c(CN3CCCC(c4ncn[nH]4)C3)c1)NCC2. The molecule has 0 aliphatic carbocycles. The van der Waals surface area contributed by atoms with Crippen LogP contribution in [-0.2, 0) is 13.0 Å². The normalized spacial score (nSPS) is 22.0. The molecular formula is C16H21N5. The Balaban J connectivity index is 1.49. The van der Waals surface area contributed by atoms with Gasteiger partial charge in [-0.1, -0.05) is 18.2 Å². The summed E-state index contributed by atoms with van der Waals surface area (Å²) in [6.45, 7) is 4.35. The molecule has 0 spiro atoms. The Hall–Kier alpha value is -1.88. The van der Waals surface area contributed by atoms with Crippen molar-refractivity contribution < 1.29 is 0 Å². The molecule has 0 amide bonds. The van der Waals surface area contributed by atoms with Crippen molar-refractivity contribution >= 4 is 5.69 Å². The molecule has 0 bridgehead atoms. The van der Waals surface area contributed by atoms with Crippen LogP contribution in [-0.4, -0.2) is 39.7 Å². The van der Waals surface area contributed by atoms with E-state index >= 15 is 0 Å². The van der Waals surface area contributed by atoms with Gasteiger partial charge in [-0.2, -0.15) is 5.10 Å². The van der Waals surface area contributed by atoms with Gasteiger partial charge in [-0.05, 0) is 36.9 Å². The van der Waals surface area contributed by atoms with E-state index in [1.807, 2.05) is 0 Å². The van der Waals surface area contributed by atoms with Crippen molar-refractivity contribution in [3.63, 3.8) is 0 Å². The van der Waals surface area contributed by atoms with Crippen molar-refractivity contribution in [3.05, 3.63) is 41.5 Å². The Morgan fingerprint density at radius 1 is 1.33 bits per heavy atom. The predicted molar refractivity (Wildman–Crippen MR) is 82.3 cm³/mol. The lowest BCUT2D eigenvalue weighted by Crippen LogP contribution is -2.34. The molecule has 4 rings (SSSR count). The second-order valence-corrected chi connectivity index (χ2v) is 6.07. The molecule has 2 aromatic rings. The highest BCUT2D eigenvalue weighted by molar-refractivity contribution is 5.61. The van der Waals surface area contributed by atoms with Crippen LogP contribution >= 0.6 is 0 Å². The third-order valence-electron chi connectivity index (χ3n) is 4.65. The Morgan fingerprint density at radius 2 is 2.33 bits per heavy atom. The van der Waals surface area contributed by atoms with E-state index in [1.165, 1.54) is 36.2 Å². The number of aromatic amines is 1.